The standard InChI is InChI=1S/C42H55N3O7/c1-2-26-6-3-4-8-37(51-21-20-46)40-27(10-9-26)11-12-28(22-36(40)49)29-13-15-34(47)38(23-29)52-42-32(14-16-35(48)41(42)50)33(25-31-7-5-18-44-31)30-17-19-45-39(43)24-30/h5,7,11-18,23-24,26-28,32-33,35-37,40-42,44-50H,2-4,6,8,19-22,25,43H2,1H3. The predicted octanol–water partition coefficient (Wildman–Crippen LogP) is 4.18. The number of phenols is 1. The third-order valence-electron chi connectivity index (χ3n) is 11.2. The van der Waals surface area contributed by atoms with Crippen LogP contribution in [0.25, 0.3) is 0 Å². The van der Waals surface area contributed by atoms with E-state index in [0.29, 0.717) is 31.1 Å². The molecule has 0 amide bonds. The zero-order chi connectivity index (χ0) is 36.6. The quantitative estimate of drug-likeness (QED) is 0.126. The third kappa shape index (κ3) is 8.96. The summed E-state index contributed by atoms with van der Waals surface area (Å²) < 4.78 is 12.7. The first kappa shape index (κ1) is 37.8. The van der Waals surface area contributed by atoms with Crippen molar-refractivity contribution in [3.8, 4) is 23.3 Å². The molecule has 9 N–H and O–H groups in total. The summed E-state index contributed by atoms with van der Waals surface area (Å²) in [6.45, 7) is 2.85. The number of H-pyrrole nitrogens is 1. The number of rotatable bonds is 11. The number of aromatic amines is 1. The van der Waals surface area contributed by atoms with Crippen molar-refractivity contribution < 1.29 is 35.0 Å². The number of hydrogen-bond donors (Lipinski definition) is 8. The van der Waals surface area contributed by atoms with Gasteiger partial charge in [0.2, 0.25) is 0 Å². The van der Waals surface area contributed by atoms with Gasteiger partial charge in [-0.15, -0.1) is 0 Å². The Morgan fingerprint density at radius 1 is 1.04 bits per heavy atom. The Labute approximate surface area is 307 Å². The molecule has 280 valence electrons. The van der Waals surface area contributed by atoms with Crippen LogP contribution < -0.4 is 15.8 Å². The molecule has 3 aliphatic carbocycles. The number of allylic oxidation sites excluding steroid dienone is 4. The Morgan fingerprint density at radius 3 is 2.65 bits per heavy atom. The van der Waals surface area contributed by atoms with Gasteiger partial charge in [0.05, 0.1) is 31.2 Å². The van der Waals surface area contributed by atoms with Gasteiger partial charge in [-0.3, -0.25) is 0 Å². The molecule has 11 unspecified atom stereocenters. The first-order valence-corrected chi connectivity index (χ1v) is 18.9. The highest BCUT2D eigenvalue weighted by Gasteiger charge is 2.42. The van der Waals surface area contributed by atoms with Crippen LogP contribution in [0.3, 0.4) is 0 Å². The van der Waals surface area contributed by atoms with Gasteiger partial charge in [0.25, 0.3) is 0 Å². The van der Waals surface area contributed by atoms with Crippen LogP contribution in [0, 0.1) is 41.4 Å². The zero-order valence-electron chi connectivity index (χ0n) is 30.0. The van der Waals surface area contributed by atoms with Crippen molar-refractivity contribution in [2.45, 2.75) is 88.3 Å². The predicted molar refractivity (Wildman–Crippen MR) is 200 cm³/mol. The number of fused-ring (bicyclic) bond motifs is 1. The maximum Gasteiger partial charge on any atom is 0.161 e. The van der Waals surface area contributed by atoms with E-state index in [1.54, 1.807) is 18.2 Å². The van der Waals surface area contributed by atoms with E-state index in [1.807, 2.05) is 36.5 Å². The number of hydrogen-bond acceptors (Lipinski definition) is 9. The minimum atomic E-state index is -1.27. The largest absolute Gasteiger partial charge is 0.504 e. The highest BCUT2D eigenvalue weighted by Crippen LogP contribution is 2.42. The number of nitrogens with two attached hydrogens (primary N) is 1. The topological polar surface area (TPSA) is 173 Å². The van der Waals surface area contributed by atoms with E-state index in [0.717, 1.165) is 48.9 Å². The fourth-order valence-electron chi connectivity index (χ4n) is 8.35. The molecule has 2 heterocycles. The Balaban J connectivity index is 1.30. The second-order valence-corrected chi connectivity index (χ2v) is 14.7. The molecule has 1 aromatic carbocycles. The summed E-state index contributed by atoms with van der Waals surface area (Å²) in [7, 11) is 0. The van der Waals surface area contributed by atoms with Gasteiger partial charge in [-0.2, -0.15) is 0 Å². The van der Waals surface area contributed by atoms with E-state index in [4.69, 9.17) is 15.2 Å². The van der Waals surface area contributed by atoms with Crippen LogP contribution in [0.2, 0.25) is 0 Å². The summed E-state index contributed by atoms with van der Waals surface area (Å²) >= 11 is 0. The van der Waals surface area contributed by atoms with Crippen molar-refractivity contribution in [1.82, 2.24) is 10.3 Å². The summed E-state index contributed by atoms with van der Waals surface area (Å²) in [5.74, 6) is 6.69. The number of dihydropyridines is 1. The van der Waals surface area contributed by atoms with E-state index in [2.05, 4.69) is 47.3 Å². The van der Waals surface area contributed by atoms with Crippen LogP contribution in [0.15, 0.2) is 84.4 Å². The molecule has 6 rings (SSSR count). The van der Waals surface area contributed by atoms with Gasteiger partial charge in [0.1, 0.15) is 18.3 Å². The highest BCUT2D eigenvalue weighted by molar-refractivity contribution is 5.45. The van der Waals surface area contributed by atoms with Crippen molar-refractivity contribution in [1.29, 1.82) is 0 Å². The second kappa shape index (κ2) is 17.7. The number of nitrogens with one attached hydrogen (secondary N) is 2. The summed E-state index contributed by atoms with van der Waals surface area (Å²) in [4.78, 5) is 3.29. The first-order chi connectivity index (χ1) is 25.2. The molecule has 52 heavy (non-hydrogen) atoms. The molecular weight excluding hydrogens is 658 g/mol. The van der Waals surface area contributed by atoms with Crippen molar-refractivity contribution >= 4 is 0 Å². The molecule has 0 saturated heterocycles. The monoisotopic (exact) mass is 713 g/mol. The number of benzene rings is 1. The minimum absolute atomic E-state index is 0.0854. The summed E-state index contributed by atoms with van der Waals surface area (Å²) in [6, 6.07) is 9.14. The van der Waals surface area contributed by atoms with E-state index in [9.17, 15) is 25.5 Å². The third-order valence-corrected chi connectivity index (χ3v) is 11.2. The van der Waals surface area contributed by atoms with Gasteiger partial charge in [0.15, 0.2) is 11.5 Å². The molecule has 2 aromatic rings. The Morgan fingerprint density at radius 2 is 1.88 bits per heavy atom. The maximum absolute atomic E-state index is 11.9. The number of aromatic nitrogens is 1. The minimum Gasteiger partial charge on any atom is -0.504 e. The molecule has 0 bridgehead atoms. The average molecular weight is 714 g/mol. The molecule has 10 heteroatoms. The van der Waals surface area contributed by atoms with Crippen molar-refractivity contribution in [2.75, 3.05) is 19.8 Å². The summed E-state index contributed by atoms with van der Waals surface area (Å²) in [5.41, 5.74) is 9.02. The normalized spacial score (nSPS) is 32.6. The van der Waals surface area contributed by atoms with Gasteiger partial charge in [-0.25, -0.2) is 0 Å². The maximum atomic E-state index is 11.9. The van der Waals surface area contributed by atoms with Crippen LogP contribution in [-0.2, 0) is 11.2 Å². The van der Waals surface area contributed by atoms with Crippen LogP contribution in [0.1, 0.15) is 62.6 Å². The van der Waals surface area contributed by atoms with Gasteiger partial charge < -0.3 is 51.0 Å². The van der Waals surface area contributed by atoms with E-state index >= 15 is 0 Å². The Kier molecular flexibility index (Phi) is 12.9. The lowest BCUT2D eigenvalue weighted by Crippen LogP contribution is -2.50. The van der Waals surface area contributed by atoms with Crippen LogP contribution in [0.5, 0.6) is 11.5 Å². The first-order valence-electron chi connectivity index (χ1n) is 18.9. The second-order valence-electron chi connectivity index (χ2n) is 14.7. The van der Waals surface area contributed by atoms with E-state index in [1.165, 1.54) is 0 Å². The molecule has 0 fully saturated rings. The Hall–Kier alpha value is -3.98. The zero-order valence-corrected chi connectivity index (χ0v) is 30.0. The van der Waals surface area contributed by atoms with Gasteiger partial charge in [-0.1, -0.05) is 68.1 Å². The molecule has 1 aromatic heterocycles. The van der Waals surface area contributed by atoms with Gasteiger partial charge in [0, 0.05) is 48.0 Å². The lowest BCUT2D eigenvalue weighted by atomic mass is 9.74. The molecular formula is C42H55N3O7. The molecule has 11 atom stereocenters. The van der Waals surface area contributed by atoms with Crippen molar-refractivity contribution in [3.05, 3.63) is 95.6 Å². The Bertz CT molecular complexity index is 1660. The van der Waals surface area contributed by atoms with Gasteiger partial charge >= 0.3 is 0 Å². The van der Waals surface area contributed by atoms with Gasteiger partial charge in [-0.05, 0) is 79.5 Å². The fourth-order valence-corrected chi connectivity index (χ4v) is 8.35. The van der Waals surface area contributed by atoms with Crippen LogP contribution in [0.4, 0.5) is 0 Å². The highest BCUT2D eigenvalue weighted by atomic mass is 16.5. The van der Waals surface area contributed by atoms with Crippen molar-refractivity contribution in [2.24, 2.45) is 35.3 Å². The fraction of sp³-hybridized carbons (Fsp3) is 0.524. The summed E-state index contributed by atoms with van der Waals surface area (Å²) in [5, 5.41) is 57.9. The summed E-state index contributed by atoms with van der Waals surface area (Å²) in [6.07, 6.45) is 15.1. The average Bonchev–Trinajstić information content (AvgIpc) is 3.60. The molecule has 0 radical (unpaired) electrons. The molecule has 0 spiro atoms. The molecule has 1 aliphatic heterocycles. The molecule has 4 aliphatic rings. The van der Waals surface area contributed by atoms with Crippen molar-refractivity contribution in [3.63, 3.8) is 0 Å². The molecule has 10 nitrogen and oxygen atoms in total. The SMILES string of the molecule is CCC1C#CC2C=CC(c3ccc(O)c(OC4C(O)C(O)C=CC4C(Cc4ccc[nH]4)C4=CCNC(N)=C4)c3)CC(O)C2C(OCCO)CCCC1. The van der Waals surface area contributed by atoms with E-state index < -0.39 is 24.4 Å². The number of aromatic hydroxyl groups is 1. The van der Waals surface area contributed by atoms with Crippen LogP contribution in [-0.4, -0.2) is 80.8 Å². The number of phenolic OH excluding ortho intramolecular Hbond substituents is 1. The number of aliphatic hydroxyl groups is 4. The lowest BCUT2D eigenvalue weighted by molar-refractivity contribution is -0.0611. The number of ether oxygens (including phenoxy) is 2. The van der Waals surface area contributed by atoms with E-state index in [-0.39, 0.29) is 60.4 Å². The smallest absolute Gasteiger partial charge is 0.161 e. The number of aliphatic hydroxyl groups excluding tert-OH is 4. The van der Waals surface area contributed by atoms with Crippen LogP contribution >= 0.6 is 0 Å². The lowest BCUT2D eigenvalue weighted by Gasteiger charge is -2.39. The molecule has 0 saturated carbocycles.